The van der Waals surface area contributed by atoms with Crippen molar-refractivity contribution in [2.45, 2.75) is 158 Å². The number of hydrogen-bond donors (Lipinski definition) is 9. The first-order valence-electron chi connectivity index (χ1n) is 17.4. The Hall–Kier alpha value is -2.11. The normalized spacial score (nSPS) is 38.5. The van der Waals surface area contributed by atoms with Gasteiger partial charge in [0, 0.05) is 27.4 Å². The van der Waals surface area contributed by atoms with Crippen LogP contribution in [0.25, 0.3) is 0 Å². The number of aliphatic hydroxyl groups excluding tert-OH is 7. The summed E-state index contributed by atoms with van der Waals surface area (Å²) in [7, 11) is 0. The third-order valence-electron chi connectivity index (χ3n) is 8.94. The van der Waals surface area contributed by atoms with E-state index in [2.05, 4.69) is 10.6 Å². The number of rotatable bonds is 18. The van der Waals surface area contributed by atoms with E-state index in [1.54, 1.807) is 0 Å². The van der Waals surface area contributed by atoms with Gasteiger partial charge in [-0.2, -0.15) is 0 Å². The summed E-state index contributed by atoms with van der Waals surface area (Å²) in [5, 5.41) is 78.7. The number of aliphatic hydroxyl groups is 7. The van der Waals surface area contributed by atoms with Gasteiger partial charge in [0.25, 0.3) is 0 Å². The van der Waals surface area contributed by atoms with Crippen LogP contribution in [0.2, 0.25) is 0 Å². The minimum absolute atomic E-state index is 0.171. The van der Waals surface area contributed by atoms with Crippen LogP contribution >= 0.6 is 0 Å². The summed E-state index contributed by atoms with van der Waals surface area (Å²) >= 11 is 0. The van der Waals surface area contributed by atoms with Crippen molar-refractivity contribution in [3.63, 3.8) is 0 Å². The predicted octanol–water partition coefficient (Wildman–Crippen LogP) is -3.33. The maximum absolute atomic E-state index is 12.3. The van der Waals surface area contributed by atoms with Gasteiger partial charge in [0.1, 0.15) is 67.0 Å². The molecule has 0 aromatic rings. The van der Waals surface area contributed by atoms with Crippen LogP contribution < -0.4 is 10.6 Å². The molecule has 0 saturated carbocycles. The number of nitrogens with one attached hydrogen (secondary N) is 2. The molecule has 15 atom stereocenters. The van der Waals surface area contributed by atoms with E-state index >= 15 is 0 Å². The van der Waals surface area contributed by atoms with Gasteiger partial charge in [-0.25, -0.2) is 0 Å². The van der Waals surface area contributed by atoms with Gasteiger partial charge in [0.15, 0.2) is 18.9 Å². The molecule has 0 bridgehead atoms. The molecular weight excluding hydrogens is 684 g/mol. The number of amides is 2. The van der Waals surface area contributed by atoms with Gasteiger partial charge in [0.05, 0.1) is 25.9 Å². The Morgan fingerprint density at radius 3 is 1.76 bits per heavy atom. The predicted molar refractivity (Wildman–Crippen MR) is 171 cm³/mol. The number of hydrogen-bond acceptors (Lipinski definition) is 17. The molecule has 3 rings (SSSR count). The fourth-order valence-corrected chi connectivity index (χ4v) is 6.16. The molecule has 9 N–H and O–H groups in total. The lowest BCUT2D eigenvalue weighted by Gasteiger charge is -2.48. The van der Waals surface area contributed by atoms with E-state index in [0.717, 1.165) is 39.0 Å². The molecular formula is C32H56N2O17. The zero-order valence-electron chi connectivity index (χ0n) is 29.4. The summed E-state index contributed by atoms with van der Waals surface area (Å²) in [5.74, 6) is -1.47. The van der Waals surface area contributed by atoms with Crippen molar-refractivity contribution in [2.75, 3.05) is 26.4 Å². The second kappa shape index (κ2) is 21.0. The Bertz CT molecular complexity index is 1090. The first kappa shape index (κ1) is 43.3. The highest BCUT2D eigenvalue weighted by Crippen LogP contribution is 2.31. The minimum Gasteiger partial charge on any atom is -0.466 e. The van der Waals surface area contributed by atoms with E-state index < -0.39 is 117 Å². The van der Waals surface area contributed by atoms with E-state index in [9.17, 15) is 50.1 Å². The SMILES string of the molecule is CC(=O)N[C@H]1[C@H](OCCCCCCCCOC(C)=O)O[C@H](CO[C@H]2O[C@H](C)[C@H](O)[C@H](O)[C@H]2O)[C@@H](O[C@@H]2O[C@H](CO)[C@@H](O)[C@H](O)[C@H]2NC(C)=O)[C@@H]1O. The summed E-state index contributed by atoms with van der Waals surface area (Å²) in [6.07, 6.45) is -14.0. The second-order valence-electron chi connectivity index (χ2n) is 13.1. The molecule has 0 spiro atoms. The lowest BCUT2D eigenvalue weighted by molar-refractivity contribution is -0.344. The van der Waals surface area contributed by atoms with Crippen LogP contribution in [0.15, 0.2) is 0 Å². The third-order valence-corrected chi connectivity index (χ3v) is 8.94. The van der Waals surface area contributed by atoms with E-state index in [4.69, 9.17) is 33.2 Å². The van der Waals surface area contributed by atoms with Crippen molar-refractivity contribution < 1.29 is 83.3 Å². The van der Waals surface area contributed by atoms with Crippen LogP contribution in [0.5, 0.6) is 0 Å². The lowest BCUT2D eigenvalue weighted by atomic mass is 9.94. The molecule has 0 radical (unpaired) electrons. The van der Waals surface area contributed by atoms with Crippen molar-refractivity contribution >= 4 is 17.8 Å². The van der Waals surface area contributed by atoms with Gasteiger partial charge >= 0.3 is 5.97 Å². The molecule has 3 saturated heterocycles. The van der Waals surface area contributed by atoms with Crippen molar-refractivity contribution in [3.8, 4) is 0 Å². The molecule has 3 aliphatic rings. The average Bonchev–Trinajstić information content (AvgIpc) is 3.07. The summed E-state index contributed by atoms with van der Waals surface area (Å²) in [4.78, 5) is 35.2. The quantitative estimate of drug-likeness (QED) is 0.0491. The number of carbonyl (C=O) groups is 3. The summed E-state index contributed by atoms with van der Waals surface area (Å²) in [6, 6.07) is -2.60. The van der Waals surface area contributed by atoms with Crippen molar-refractivity contribution in [2.24, 2.45) is 0 Å². The molecule has 0 aromatic carbocycles. The standard InChI is InChI=1S/C32H56N2O17/c1-15-23(39)27(43)28(44)32(48-15)47-14-20-29(51-31-21(33-16(2)36)25(41)24(40)19(13-35)49-31)26(42)22(34-17(3)37)30(50-20)46-12-10-8-6-5-7-9-11-45-18(4)38/h15,19-32,35,39-44H,5-14H2,1-4H3,(H,33,36)(H,34,37)/t15-,19-,20-,21-,22-,23+,24-,25-,26-,27+,28-,29-,30-,31+,32+/m1/s1. The number of carbonyl (C=O) groups excluding carboxylic acids is 3. The van der Waals surface area contributed by atoms with Gasteiger partial charge < -0.3 is 79.5 Å². The fourth-order valence-electron chi connectivity index (χ4n) is 6.16. The Kier molecular flexibility index (Phi) is 17.8. The molecule has 0 aromatic heterocycles. The van der Waals surface area contributed by atoms with Crippen LogP contribution in [0.1, 0.15) is 66.2 Å². The highest BCUT2D eigenvalue weighted by atomic mass is 16.7. The largest absolute Gasteiger partial charge is 0.466 e. The molecule has 3 fully saturated rings. The van der Waals surface area contributed by atoms with Crippen LogP contribution in [0.3, 0.4) is 0 Å². The highest BCUT2D eigenvalue weighted by molar-refractivity contribution is 5.73. The summed E-state index contributed by atoms with van der Waals surface area (Å²) < 4.78 is 40.2. The van der Waals surface area contributed by atoms with Crippen LogP contribution in [-0.2, 0) is 47.5 Å². The minimum atomic E-state index is -1.67. The van der Waals surface area contributed by atoms with Gasteiger partial charge in [0.2, 0.25) is 11.8 Å². The van der Waals surface area contributed by atoms with Crippen LogP contribution in [-0.4, -0.2) is 172 Å². The molecule has 3 aliphatic heterocycles. The molecule has 0 unspecified atom stereocenters. The van der Waals surface area contributed by atoms with Gasteiger partial charge in [-0.1, -0.05) is 25.7 Å². The lowest BCUT2D eigenvalue weighted by Crippen LogP contribution is -2.69. The third kappa shape index (κ3) is 12.5. The van der Waals surface area contributed by atoms with E-state index in [1.165, 1.54) is 20.8 Å². The first-order chi connectivity index (χ1) is 24.2. The zero-order valence-corrected chi connectivity index (χ0v) is 29.4. The van der Waals surface area contributed by atoms with Crippen molar-refractivity contribution in [3.05, 3.63) is 0 Å². The number of esters is 1. The molecule has 3 heterocycles. The smallest absolute Gasteiger partial charge is 0.302 e. The van der Waals surface area contributed by atoms with E-state index in [1.807, 2.05) is 0 Å². The van der Waals surface area contributed by atoms with E-state index in [-0.39, 0.29) is 12.6 Å². The van der Waals surface area contributed by atoms with Crippen molar-refractivity contribution in [1.82, 2.24) is 10.6 Å². The monoisotopic (exact) mass is 740 g/mol. The molecule has 19 nitrogen and oxygen atoms in total. The number of unbranched alkanes of at least 4 members (excludes halogenated alkanes) is 5. The zero-order chi connectivity index (χ0) is 37.8. The van der Waals surface area contributed by atoms with Crippen LogP contribution in [0.4, 0.5) is 0 Å². The molecule has 2 amide bonds. The fraction of sp³-hybridized carbons (Fsp3) is 0.906. The van der Waals surface area contributed by atoms with Gasteiger partial charge in [-0.15, -0.1) is 0 Å². The van der Waals surface area contributed by atoms with Crippen LogP contribution in [0, 0.1) is 0 Å². The second-order valence-corrected chi connectivity index (χ2v) is 13.1. The van der Waals surface area contributed by atoms with Gasteiger partial charge in [-0.3, -0.25) is 14.4 Å². The first-order valence-corrected chi connectivity index (χ1v) is 17.4. The Morgan fingerprint density at radius 2 is 1.18 bits per heavy atom. The van der Waals surface area contributed by atoms with Gasteiger partial charge in [-0.05, 0) is 19.8 Å². The molecule has 296 valence electrons. The summed E-state index contributed by atoms with van der Waals surface area (Å²) in [6.45, 7) is 4.54. The maximum Gasteiger partial charge on any atom is 0.302 e. The Labute approximate surface area is 296 Å². The summed E-state index contributed by atoms with van der Waals surface area (Å²) in [5.41, 5.74) is 0. The Balaban J connectivity index is 1.77. The molecule has 19 heteroatoms. The number of ether oxygens (including phenoxy) is 7. The average molecular weight is 741 g/mol. The van der Waals surface area contributed by atoms with E-state index in [0.29, 0.717) is 13.0 Å². The Morgan fingerprint density at radius 1 is 0.608 bits per heavy atom. The molecule has 51 heavy (non-hydrogen) atoms. The molecule has 0 aliphatic carbocycles. The maximum atomic E-state index is 12.3. The highest BCUT2D eigenvalue weighted by Gasteiger charge is 2.52. The topological polar surface area (TPSA) is 281 Å². The van der Waals surface area contributed by atoms with Crippen molar-refractivity contribution in [1.29, 1.82) is 0 Å².